The van der Waals surface area contributed by atoms with Gasteiger partial charge in [-0.3, -0.25) is 20.2 Å². The predicted octanol–water partition coefficient (Wildman–Crippen LogP) is 3.86. The molecule has 1 saturated heterocycles. The lowest BCUT2D eigenvalue weighted by atomic mass is 10.0. The van der Waals surface area contributed by atoms with Crippen LogP contribution in [0, 0.1) is 20.2 Å². The largest absolute Gasteiger partial charge is 0.497 e. The summed E-state index contributed by atoms with van der Waals surface area (Å²) in [5.41, 5.74) is 0.682. The van der Waals surface area contributed by atoms with Crippen LogP contribution in [-0.2, 0) is 0 Å². The van der Waals surface area contributed by atoms with Gasteiger partial charge in [0, 0.05) is 24.2 Å². The van der Waals surface area contributed by atoms with E-state index in [-0.39, 0.29) is 17.4 Å². The van der Waals surface area contributed by atoms with E-state index in [1.807, 2.05) is 17.0 Å². The van der Waals surface area contributed by atoms with Crippen LogP contribution < -0.4 is 14.4 Å². The fourth-order valence-corrected chi connectivity index (χ4v) is 3.49. The molecule has 1 atom stereocenters. The molecule has 0 spiro atoms. The van der Waals surface area contributed by atoms with Gasteiger partial charge < -0.3 is 14.4 Å². The van der Waals surface area contributed by atoms with Gasteiger partial charge in [-0.2, -0.15) is 0 Å². The molecule has 2 aromatic carbocycles. The molecule has 1 aliphatic rings. The third-order valence-corrected chi connectivity index (χ3v) is 4.73. The molecule has 0 aromatic heterocycles. The monoisotopic (exact) mass is 373 g/mol. The number of hydrogen-bond acceptors (Lipinski definition) is 7. The summed E-state index contributed by atoms with van der Waals surface area (Å²) in [6.07, 6.45) is 1.63. The van der Waals surface area contributed by atoms with Crippen molar-refractivity contribution in [2.24, 2.45) is 0 Å². The normalized spacial score (nSPS) is 16.2. The highest BCUT2D eigenvalue weighted by Gasteiger charge is 2.33. The number of methoxy groups -OCH3 is 2. The molecule has 1 fully saturated rings. The number of anilines is 1. The SMILES string of the molecule is COc1ccc([C@@H]2CCCN2c2ccc([N+](=O)[O-])cc2[N+](=O)[O-])c(OC)c1. The topological polar surface area (TPSA) is 108 Å². The van der Waals surface area contributed by atoms with Gasteiger partial charge in [0.05, 0.1) is 36.2 Å². The first kappa shape index (κ1) is 18.4. The fourth-order valence-electron chi connectivity index (χ4n) is 3.49. The number of nitro groups is 2. The van der Waals surface area contributed by atoms with Crippen LogP contribution >= 0.6 is 0 Å². The maximum atomic E-state index is 11.5. The number of ether oxygens (including phenoxy) is 2. The smallest absolute Gasteiger partial charge is 0.299 e. The van der Waals surface area contributed by atoms with Crippen LogP contribution in [0.5, 0.6) is 11.5 Å². The molecule has 142 valence electrons. The molecule has 0 bridgehead atoms. The Morgan fingerprint density at radius 3 is 2.44 bits per heavy atom. The van der Waals surface area contributed by atoms with Crippen molar-refractivity contribution in [2.45, 2.75) is 18.9 Å². The third-order valence-electron chi connectivity index (χ3n) is 4.73. The Bertz CT molecular complexity index is 885. The maximum Gasteiger partial charge on any atom is 0.299 e. The zero-order chi connectivity index (χ0) is 19.6. The highest BCUT2D eigenvalue weighted by atomic mass is 16.6. The number of nitrogens with zero attached hydrogens (tertiary/aromatic N) is 3. The van der Waals surface area contributed by atoms with Gasteiger partial charge in [0.25, 0.3) is 11.4 Å². The summed E-state index contributed by atoms with van der Waals surface area (Å²) in [6.45, 7) is 0.610. The molecule has 0 amide bonds. The molecule has 27 heavy (non-hydrogen) atoms. The Balaban J connectivity index is 2.05. The predicted molar refractivity (Wildman–Crippen MR) is 98.6 cm³/mol. The van der Waals surface area contributed by atoms with E-state index < -0.39 is 9.85 Å². The summed E-state index contributed by atoms with van der Waals surface area (Å²) < 4.78 is 10.7. The summed E-state index contributed by atoms with van der Waals surface area (Å²) in [6, 6.07) is 9.10. The first-order valence-corrected chi connectivity index (χ1v) is 8.37. The van der Waals surface area contributed by atoms with E-state index in [0.29, 0.717) is 23.7 Å². The summed E-state index contributed by atoms with van der Waals surface area (Å²) in [4.78, 5) is 23.2. The van der Waals surface area contributed by atoms with Gasteiger partial charge in [-0.1, -0.05) is 0 Å². The Labute approximate surface area is 155 Å². The van der Waals surface area contributed by atoms with E-state index in [4.69, 9.17) is 9.47 Å². The second-order valence-corrected chi connectivity index (χ2v) is 6.15. The summed E-state index contributed by atoms with van der Waals surface area (Å²) in [5.74, 6) is 1.29. The summed E-state index contributed by atoms with van der Waals surface area (Å²) in [7, 11) is 3.13. The van der Waals surface area contributed by atoms with Gasteiger partial charge in [0.1, 0.15) is 17.2 Å². The molecule has 0 unspecified atom stereocenters. The minimum Gasteiger partial charge on any atom is -0.497 e. The first-order chi connectivity index (χ1) is 13.0. The van der Waals surface area contributed by atoms with Crippen molar-refractivity contribution < 1.29 is 19.3 Å². The summed E-state index contributed by atoms with van der Waals surface area (Å²) >= 11 is 0. The molecule has 0 radical (unpaired) electrons. The molecular weight excluding hydrogens is 354 g/mol. The molecule has 3 rings (SSSR count). The Morgan fingerprint density at radius 1 is 1.04 bits per heavy atom. The standard InChI is InChI=1S/C18H19N3O6/c1-26-13-6-7-14(18(11-13)27-2)15-4-3-9-19(15)16-8-5-12(20(22)23)10-17(16)21(24)25/h5-8,10-11,15H,3-4,9H2,1-2H3/t15-/m0/s1. The maximum absolute atomic E-state index is 11.5. The number of nitro benzene ring substituents is 2. The molecule has 1 heterocycles. The highest BCUT2D eigenvalue weighted by molar-refractivity contribution is 5.68. The molecule has 1 aliphatic heterocycles. The van der Waals surface area contributed by atoms with Crippen molar-refractivity contribution in [1.82, 2.24) is 0 Å². The van der Waals surface area contributed by atoms with Crippen LogP contribution in [0.3, 0.4) is 0 Å². The van der Waals surface area contributed by atoms with E-state index in [1.165, 1.54) is 12.1 Å². The van der Waals surface area contributed by atoms with Crippen molar-refractivity contribution in [1.29, 1.82) is 0 Å². The van der Waals surface area contributed by atoms with Crippen molar-refractivity contribution in [3.8, 4) is 11.5 Å². The van der Waals surface area contributed by atoms with E-state index in [9.17, 15) is 20.2 Å². The first-order valence-electron chi connectivity index (χ1n) is 8.37. The van der Waals surface area contributed by atoms with Crippen molar-refractivity contribution in [3.63, 3.8) is 0 Å². The van der Waals surface area contributed by atoms with E-state index in [2.05, 4.69) is 0 Å². The second kappa shape index (κ2) is 7.48. The number of rotatable bonds is 6. The third kappa shape index (κ3) is 3.48. The lowest BCUT2D eigenvalue weighted by molar-refractivity contribution is -0.393. The minimum absolute atomic E-state index is 0.133. The van der Waals surface area contributed by atoms with Crippen LogP contribution in [0.2, 0.25) is 0 Å². The van der Waals surface area contributed by atoms with E-state index in [0.717, 1.165) is 24.5 Å². The van der Waals surface area contributed by atoms with Crippen LogP contribution in [0.1, 0.15) is 24.4 Å². The number of benzene rings is 2. The molecule has 2 aromatic rings. The van der Waals surface area contributed by atoms with Gasteiger partial charge in [0.15, 0.2) is 0 Å². The van der Waals surface area contributed by atoms with Gasteiger partial charge in [-0.15, -0.1) is 0 Å². The van der Waals surface area contributed by atoms with Crippen molar-refractivity contribution in [2.75, 3.05) is 25.7 Å². The van der Waals surface area contributed by atoms with E-state index >= 15 is 0 Å². The number of non-ortho nitro benzene ring substituents is 1. The molecular formula is C18H19N3O6. The van der Waals surface area contributed by atoms with Crippen molar-refractivity contribution >= 4 is 17.1 Å². The van der Waals surface area contributed by atoms with Crippen molar-refractivity contribution in [3.05, 3.63) is 62.2 Å². The molecule has 9 heteroatoms. The highest BCUT2D eigenvalue weighted by Crippen LogP contribution is 2.44. The number of hydrogen-bond donors (Lipinski definition) is 0. The second-order valence-electron chi connectivity index (χ2n) is 6.15. The summed E-state index contributed by atoms with van der Waals surface area (Å²) in [5, 5.41) is 22.5. The van der Waals surface area contributed by atoms with Crippen LogP contribution in [0.4, 0.5) is 17.1 Å². The average molecular weight is 373 g/mol. The lowest BCUT2D eigenvalue weighted by Gasteiger charge is -2.28. The Kier molecular flexibility index (Phi) is 5.11. The Hall–Kier alpha value is -3.36. The van der Waals surface area contributed by atoms with E-state index in [1.54, 1.807) is 20.3 Å². The molecule has 0 N–H and O–H groups in total. The quantitative estimate of drug-likeness (QED) is 0.559. The van der Waals surface area contributed by atoms with Crippen LogP contribution in [-0.4, -0.2) is 30.6 Å². The molecule has 0 saturated carbocycles. The molecule has 0 aliphatic carbocycles. The Morgan fingerprint density at radius 2 is 1.81 bits per heavy atom. The van der Waals surface area contributed by atoms with Gasteiger partial charge in [-0.25, -0.2) is 0 Å². The van der Waals surface area contributed by atoms with Crippen LogP contribution in [0.25, 0.3) is 0 Å². The van der Waals surface area contributed by atoms with Gasteiger partial charge in [0.2, 0.25) is 0 Å². The molecule has 9 nitrogen and oxygen atoms in total. The lowest BCUT2D eigenvalue weighted by Crippen LogP contribution is -2.24. The average Bonchev–Trinajstić information content (AvgIpc) is 3.16. The van der Waals surface area contributed by atoms with Crippen LogP contribution in [0.15, 0.2) is 36.4 Å². The zero-order valence-corrected chi connectivity index (χ0v) is 15.0. The van der Waals surface area contributed by atoms with Gasteiger partial charge in [-0.05, 0) is 31.0 Å². The zero-order valence-electron chi connectivity index (χ0n) is 15.0. The van der Waals surface area contributed by atoms with Gasteiger partial charge >= 0.3 is 0 Å². The fraction of sp³-hybridized carbons (Fsp3) is 0.333. The minimum atomic E-state index is -0.634.